The predicted octanol–water partition coefficient (Wildman–Crippen LogP) is 2.01. The molecule has 146 valence electrons. The number of nitrogens with one attached hydrogen (secondary N) is 1. The molecule has 0 spiro atoms. The second-order valence-electron chi connectivity index (χ2n) is 6.54. The molecule has 0 bridgehead atoms. The van der Waals surface area contributed by atoms with E-state index in [4.69, 9.17) is 9.15 Å². The molecule has 1 fully saturated rings. The zero-order valence-electron chi connectivity index (χ0n) is 15.3. The van der Waals surface area contributed by atoms with Crippen LogP contribution in [0.25, 0.3) is 0 Å². The molecule has 8 nitrogen and oxygen atoms in total. The number of ketones is 1. The van der Waals surface area contributed by atoms with Gasteiger partial charge in [0.05, 0.1) is 18.7 Å². The van der Waals surface area contributed by atoms with Crippen LogP contribution in [0.2, 0.25) is 0 Å². The van der Waals surface area contributed by atoms with Gasteiger partial charge in [-0.05, 0) is 43.3 Å². The predicted molar refractivity (Wildman–Crippen MR) is 98.3 cm³/mol. The van der Waals surface area contributed by atoms with Gasteiger partial charge in [0.2, 0.25) is 5.91 Å². The second-order valence-corrected chi connectivity index (χ2v) is 6.54. The van der Waals surface area contributed by atoms with Crippen molar-refractivity contribution in [3.05, 3.63) is 54.0 Å². The topological polar surface area (TPSA) is 106 Å². The van der Waals surface area contributed by atoms with Crippen molar-refractivity contribution >= 4 is 29.3 Å². The second kappa shape index (κ2) is 8.51. The highest BCUT2D eigenvalue weighted by molar-refractivity contribution is 5.96. The summed E-state index contributed by atoms with van der Waals surface area (Å²) in [6, 6.07) is 9.88. The molecule has 2 heterocycles. The fourth-order valence-electron chi connectivity index (χ4n) is 2.91. The molecule has 1 aromatic carbocycles. The van der Waals surface area contributed by atoms with Crippen molar-refractivity contribution in [2.24, 2.45) is 5.92 Å². The van der Waals surface area contributed by atoms with Gasteiger partial charge >= 0.3 is 5.97 Å². The van der Waals surface area contributed by atoms with Crippen molar-refractivity contribution in [2.45, 2.75) is 19.9 Å². The Kier molecular flexibility index (Phi) is 5.88. The Morgan fingerprint density at radius 1 is 1.21 bits per heavy atom. The summed E-state index contributed by atoms with van der Waals surface area (Å²) in [5, 5.41) is 2.58. The minimum Gasteiger partial charge on any atom is -0.467 e. The molecule has 3 rings (SSSR count). The minimum atomic E-state index is -0.606. The maximum atomic E-state index is 12.2. The Labute approximate surface area is 161 Å². The number of likely N-dealkylation sites (tertiary alicyclic amines) is 1. The fraction of sp³-hybridized carbons (Fsp3) is 0.300. The molecule has 1 aliphatic rings. The van der Waals surface area contributed by atoms with Crippen LogP contribution < -0.4 is 5.32 Å². The molecule has 0 aliphatic carbocycles. The summed E-state index contributed by atoms with van der Waals surface area (Å²) in [5.41, 5.74) is 1.03. The average molecular weight is 384 g/mol. The van der Waals surface area contributed by atoms with Crippen LogP contribution in [0.1, 0.15) is 29.5 Å². The molecule has 1 atom stereocenters. The van der Waals surface area contributed by atoms with Crippen molar-refractivity contribution in [1.29, 1.82) is 0 Å². The van der Waals surface area contributed by atoms with Crippen molar-refractivity contribution in [1.82, 2.24) is 4.90 Å². The molecule has 1 saturated heterocycles. The fourth-order valence-corrected chi connectivity index (χ4v) is 2.91. The number of anilines is 1. The summed E-state index contributed by atoms with van der Waals surface area (Å²) >= 11 is 0. The van der Waals surface area contributed by atoms with E-state index in [0.29, 0.717) is 23.6 Å². The van der Waals surface area contributed by atoms with Crippen molar-refractivity contribution in [3.63, 3.8) is 0 Å². The van der Waals surface area contributed by atoms with Crippen molar-refractivity contribution in [3.8, 4) is 0 Å². The Morgan fingerprint density at radius 2 is 1.96 bits per heavy atom. The lowest BCUT2D eigenvalue weighted by Gasteiger charge is -2.14. The van der Waals surface area contributed by atoms with E-state index in [2.05, 4.69) is 5.32 Å². The van der Waals surface area contributed by atoms with Gasteiger partial charge in [-0.1, -0.05) is 0 Å². The van der Waals surface area contributed by atoms with Gasteiger partial charge in [-0.15, -0.1) is 0 Å². The summed E-state index contributed by atoms with van der Waals surface area (Å²) in [4.78, 5) is 48.9. The molecule has 2 amide bonds. The number of carbonyl (C=O) groups is 4. The van der Waals surface area contributed by atoms with Gasteiger partial charge < -0.3 is 19.4 Å². The first-order chi connectivity index (χ1) is 13.4. The molecule has 2 aromatic rings. The van der Waals surface area contributed by atoms with Crippen LogP contribution in [0.3, 0.4) is 0 Å². The van der Waals surface area contributed by atoms with Gasteiger partial charge in [-0.3, -0.25) is 19.2 Å². The summed E-state index contributed by atoms with van der Waals surface area (Å²) in [6.45, 7) is 1.53. The standard InChI is InChI=1S/C20H20N2O6/c1-13(23)14-4-6-16(7-5-14)21-18(24)12-28-20(26)15-9-19(25)22(10-15)11-17-3-2-8-27-17/h2-8,15H,9-12H2,1H3,(H,21,24)/t15-/m1/s1. The van der Waals surface area contributed by atoms with Gasteiger partial charge in [0, 0.05) is 24.2 Å². The van der Waals surface area contributed by atoms with E-state index in [-0.39, 0.29) is 24.7 Å². The zero-order chi connectivity index (χ0) is 20.1. The number of rotatable bonds is 7. The Morgan fingerprint density at radius 3 is 2.61 bits per heavy atom. The maximum absolute atomic E-state index is 12.2. The smallest absolute Gasteiger partial charge is 0.311 e. The van der Waals surface area contributed by atoms with Crippen LogP contribution in [-0.4, -0.2) is 41.6 Å². The van der Waals surface area contributed by atoms with Gasteiger partial charge in [0.15, 0.2) is 12.4 Å². The highest BCUT2D eigenvalue weighted by Crippen LogP contribution is 2.21. The third-order valence-corrected chi connectivity index (χ3v) is 4.40. The largest absolute Gasteiger partial charge is 0.467 e. The van der Waals surface area contributed by atoms with E-state index in [1.807, 2.05) is 0 Å². The quantitative estimate of drug-likeness (QED) is 0.578. The molecule has 0 saturated carbocycles. The molecular formula is C20H20N2O6. The number of ether oxygens (including phenoxy) is 1. The third-order valence-electron chi connectivity index (χ3n) is 4.40. The van der Waals surface area contributed by atoms with Crippen LogP contribution in [0.4, 0.5) is 5.69 Å². The lowest BCUT2D eigenvalue weighted by atomic mass is 10.1. The molecule has 28 heavy (non-hydrogen) atoms. The number of hydrogen-bond acceptors (Lipinski definition) is 6. The number of furan rings is 1. The first kappa shape index (κ1) is 19.3. The van der Waals surface area contributed by atoms with Gasteiger partial charge in [0.25, 0.3) is 5.91 Å². The van der Waals surface area contributed by atoms with Crippen molar-refractivity contribution in [2.75, 3.05) is 18.5 Å². The SMILES string of the molecule is CC(=O)c1ccc(NC(=O)COC(=O)[C@@H]2CC(=O)N(Cc3ccco3)C2)cc1. The van der Waals surface area contributed by atoms with Gasteiger partial charge in [-0.25, -0.2) is 0 Å². The zero-order valence-corrected chi connectivity index (χ0v) is 15.3. The van der Waals surface area contributed by atoms with E-state index >= 15 is 0 Å². The number of esters is 1. The van der Waals surface area contributed by atoms with E-state index < -0.39 is 24.4 Å². The normalized spacial score (nSPS) is 16.1. The summed E-state index contributed by atoms with van der Waals surface area (Å²) in [6.07, 6.45) is 1.57. The van der Waals surface area contributed by atoms with Crippen LogP contribution in [0, 0.1) is 5.92 Å². The first-order valence-corrected chi connectivity index (χ1v) is 8.80. The van der Waals surface area contributed by atoms with Gasteiger partial charge in [-0.2, -0.15) is 0 Å². The highest BCUT2D eigenvalue weighted by atomic mass is 16.5. The molecule has 0 radical (unpaired) electrons. The molecule has 8 heteroatoms. The number of hydrogen-bond donors (Lipinski definition) is 1. The van der Waals surface area contributed by atoms with Gasteiger partial charge in [0.1, 0.15) is 5.76 Å². The Balaban J connectivity index is 1.45. The van der Waals surface area contributed by atoms with E-state index in [1.54, 1.807) is 36.4 Å². The number of benzene rings is 1. The molecular weight excluding hydrogens is 364 g/mol. The lowest BCUT2D eigenvalue weighted by Crippen LogP contribution is -2.28. The number of amides is 2. The summed E-state index contributed by atoms with van der Waals surface area (Å²) < 4.78 is 10.3. The van der Waals surface area contributed by atoms with Crippen molar-refractivity contribution < 1.29 is 28.3 Å². The molecule has 0 unspecified atom stereocenters. The number of Topliss-reactive ketones (excluding diaryl/α,β-unsaturated/α-hetero) is 1. The van der Waals surface area contributed by atoms with Crippen LogP contribution in [0.15, 0.2) is 47.1 Å². The minimum absolute atomic E-state index is 0.0493. The molecule has 1 aromatic heterocycles. The van der Waals surface area contributed by atoms with Crippen LogP contribution in [0.5, 0.6) is 0 Å². The maximum Gasteiger partial charge on any atom is 0.311 e. The lowest BCUT2D eigenvalue weighted by molar-refractivity contribution is -0.151. The van der Waals surface area contributed by atoms with Crippen LogP contribution >= 0.6 is 0 Å². The first-order valence-electron chi connectivity index (χ1n) is 8.80. The average Bonchev–Trinajstić information content (AvgIpc) is 3.31. The summed E-state index contributed by atoms with van der Waals surface area (Å²) in [5.74, 6) is -1.28. The van der Waals surface area contributed by atoms with Crippen LogP contribution in [-0.2, 0) is 25.7 Å². The Bertz CT molecular complexity index is 873. The summed E-state index contributed by atoms with van der Waals surface area (Å²) in [7, 11) is 0. The number of carbonyl (C=O) groups excluding carboxylic acids is 4. The molecule has 1 N–H and O–H groups in total. The monoisotopic (exact) mass is 384 g/mol. The Hall–Kier alpha value is -3.42. The highest BCUT2D eigenvalue weighted by Gasteiger charge is 2.35. The number of nitrogens with zero attached hydrogens (tertiary/aromatic N) is 1. The third kappa shape index (κ3) is 4.85. The molecule has 1 aliphatic heterocycles. The van der Waals surface area contributed by atoms with E-state index in [9.17, 15) is 19.2 Å². The van der Waals surface area contributed by atoms with E-state index in [1.165, 1.54) is 18.1 Å². The van der Waals surface area contributed by atoms with E-state index in [0.717, 1.165) is 0 Å².